The zero-order chi connectivity index (χ0) is 17.0. The monoisotopic (exact) mass is 330 g/mol. The molecular weight excluding hydrogens is 313 g/mol. The molecule has 0 bridgehead atoms. The molecule has 0 aliphatic heterocycles. The average Bonchev–Trinajstić information content (AvgIpc) is 2.53. The maximum Gasteiger partial charge on any atom is 0.313 e. The van der Waals surface area contributed by atoms with Crippen molar-refractivity contribution >= 4 is 17.5 Å². The van der Waals surface area contributed by atoms with Crippen molar-refractivity contribution in [3.63, 3.8) is 0 Å². The first-order valence-corrected chi connectivity index (χ1v) is 7.28. The van der Waals surface area contributed by atoms with E-state index in [0.717, 1.165) is 12.8 Å². The van der Waals surface area contributed by atoms with E-state index < -0.39 is 29.3 Å². The Kier molecular flexibility index (Phi) is 5.59. The number of aliphatic hydroxyl groups excluding tert-OH is 1. The van der Waals surface area contributed by atoms with Crippen LogP contribution in [0.2, 0.25) is 0 Å². The Labute approximate surface area is 130 Å². The second-order valence-corrected chi connectivity index (χ2v) is 5.58. The van der Waals surface area contributed by atoms with Crippen molar-refractivity contribution in [2.24, 2.45) is 5.92 Å². The van der Waals surface area contributed by atoms with Crippen LogP contribution < -0.4 is 10.6 Å². The van der Waals surface area contributed by atoms with Gasteiger partial charge in [0.15, 0.2) is 17.5 Å². The Morgan fingerprint density at radius 1 is 1.04 bits per heavy atom. The van der Waals surface area contributed by atoms with E-state index >= 15 is 0 Å². The number of nitrogens with one attached hydrogen (secondary N) is 2. The van der Waals surface area contributed by atoms with Crippen LogP contribution in [0.25, 0.3) is 0 Å². The van der Waals surface area contributed by atoms with Gasteiger partial charge in [-0.2, -0.15) is 0 Å². The van der Waals surface area contributed by atoms with E-state index in [-0.39, 0.29) is 24.3 Å². The van der Waals surface area contributed by atoms with Gasteiger partial charge in [-0.25, -0.2) is 13.2 Å². The third-order valence-corrected chi connectivity index (χ3v) is 3.89. The highest BCUT2D eigenvalue weighted by Crippen LogP contribution is 2.23. The van der Waals surface area contributed by atoms with E-state index in [2.05, 4.69) is 5.32 Å². The SMILES string of the molecule is O=C(Nc1cc(F)c(F)c(F)c1)C(=O)NC1CCC(CO)CC1. The van der Waals surface area contributed by atoms with Crippen molar-refractivity contribution in [3.05, 3.63) is 29.6 Å². The molecule has 0 atom stereocenters. The largest absolute Gasteiger partial charge is 0.396 e. The lowest BCUT2D eigenvalue weighted by Crippen LogP contribution is -2.43. The maximum atomic E-state index is 13.0. The lowest BCUT2D eigenvalue weighted by Gasteiger charge is -2.27. The summed E-state index contributed by atoms with van der Waals surface area (Å²) in [5.74, 6) is -6.36. The van der Waals surface area contributed by atoms with Crippen LogP contribution in [0.5, 0.6) is 0 Å². The fourth-order valence-corrected chi connectivity index (χ4v) is 2.56. The van der Waals surface area contributed by atoms with E-state index in [0.29, 0.717) is 25.0 Å². The lowest BCUT2D eigenvalue weighted by molar-refractivity contribution is -0.136. The van der Waals surface area contributed by atoms with E-state index in [1.54, 1.807) is 0 Å². The zero-order valence-electron chi connectivity index (χ0n) is 12.2. The number of hydrogen-bond acceptors (Lipinski definition) is 3. The molecule has 8 heteroatoms. The zero-order valence-corrected chi connectivity index (χ0v) is 12.2. The predicted octanol–water partition coefficient (Wildman–Crippen LogP) is 1.71. The van der Waals surface area contributed by atoms with Gasteiger partial charge in [-0.3, -0.25) is 9.59 Å². The molecule has 2 amide bonds. The summed E-state index contributed by atoms with van der Waals surface area (Å²) < 4.78 is 38.9. The summed E-state index contributed by atoms with van der Waals surface area (Å²) in [6.07, 6.45) is 2.78. The fraction of sp³-hybridized carbons (Fsp3) is 0.467. The van der Waals surface area contributed by atoms with Gasteiger partial charge in [0.25, 0.3) is 0 Å². The number of anilines is 1. The van der Waals surface area contributed by atoms with Crippen LogP contribution in [0, 0.1) is 23.4 Å². The first-order valence-electron chi connectivity index (χ1n) is 7.28. The lowest BCUT2D eigenvalue weighted by atomic mass is 9.86. The molecule has 0 heterocycles. The molecule has 0 unspecified atom stereocenters. The van der Waals surface area contributed by atoms with Crippen LogP contribution in [0.1, 0.15) is 25.7 Å². The van der Waals surface area contributed by atoms with E-state index in [9.17, 15) is 22.8 Å². The Bertz CT molecular complexity index is 579. The predicted molar refractivity (Wildman–Crippen MR) is 75.9 cm³/mol. The molecule has 1 aromatic carbocycles. The molecule has 1 fully saturated rings. The fourth-order valence-electron chi connectivity index (χ4n) is 2.56. The minimum absolute atomic E-state index is 0.100. The summed E-state index contributed by atoms with van der Waals surface area (Å²) >= 11 is 0. The highest BCUT2D eigenvalue weighted by atomic mass is 19.2. The van der Waals surface area contributed by atoms with Crippen LogP contribution in [0.4, 0.5) is 18.9 Å². The highest BCUT2D eigenvalue weighted by Gasteiger charge is 2.24. The van der Waals surface area contributed by atoms with Gasteiger partial charge in [-0.1, -0.05) is 0 Å². The number of carbonyl (C=O) groups is 2. The number of amides is 2. The molecule has 1 aliphatic carbocycles. The molecule has 5 nitrogen and oxygen atoms in total. The highest BCUT2D eigenvalue weighted by molar-refractivity contribution is 6.39. The number of carbonyl (C=O) groups excluding carboxylic acids is 2. The summed E-state index contributed by atoms with van der Waals surface area (Å²) in [4.78, 5) is 23.5. The number of hydrogen-bond donors (Lipinski definition) is 3. The standard InChI is InChI=1S/C15H17F3N2O3/c16-11-5-10(6-12(17)13(11)18)20-15(23)14(22)19-9-3-1-8(7-21)2-4-9/h5-6,8-9,21H,1-4,7H2,(H,19,22)(H,20,23). The van der Waals surface area contributed by atoms with Crippen molar-refractivity contribution < 1.29 is 27.9 Å². The quantitative estimate of drug-likeness (QED) is 0.583. The van der Waals surface area contributed by atoms with Crippen LogP contribution in [0.15, 0.2) is 12.1 Å². The van der Waals surface area contributed by atoms with Crippen molar-refractivity contribution in [1.29, 1.82) is 0 Å². The number of benzene rings is 1. The van der Waals surface area contributed by atoms with Crippen molar-refractivity contribution in [3.8, 4) is 0 Å². The van der Waals surface area contributed by atoms with Gasteiger partial charge in [0.05, 0.1) is 0 Å². The topological polar surface area (TPSA) is 78.4 Å². The summed E-state index contributed by atoms with van der Waals surface area (Å²) in [6.45, 7) is 0.100. The smallest absolute Gasteiger partial charge is 0.313 e. The average molecular weight is 330 g/mol. The van der Waals surface area contributed by atoms with Gasteiger partial charge in [0.2, 0.25) is 0 Å². The molecule has 0 aromatic heterocycles. The first-order chi connectivity index (χ1) is 10.9. The van der Waals surface area contributed by atoms with Gasteiger partial charge in [-0.15, -0.1) is 0 Å². The van der Waals surface area contributed by atoms with Gasteiger partial charge in [-0.05, 0) is 31.6 Å². The van der Waals surface area contributed by atoms with Gasteiger partial charge >= 0.3 is 11.8 Å². The van der Waals surface area contributed by atoms with E-state index in [1.165, 1.54) is 0 Å². The van der Waals surface area contributed by atoms with Crippen LogP contribution >= 0.6 is 0 Å². The molecule has 0 spiro atoms. The third-order valence-electron chi connectivity index (χ3n) is 3.89. The molecule has 126 valence electrons. The molecular formula is C15H17F3N2O3. The number of rotatable bonds is 3. The summed E-state index contributed by atoms with van der Waals surface area (Å²) in [7, 11) is 0. The molecule has 3 N–H and O–H groups in total. The van der Waals surface area contributed by atoms with Crippen LogP contribution in [-0.2, 0) is 9.59 Å². The Hall–Kier alpha value is -2.09. The van der Waals surface area contributed by atoms with Crippen LogP contribution in [-0.4, -0.2) is 29.6 Å². The molecule has 2 rings (SSSR count). The molecule has 1 aromatic rings. The molecule has 0 radical (unpaired) electrons. The maximum absolute atomic E-state index is 13.0. The van der Waals surface area contributed by atoms with Gasteiger partial charge in [0, 0.05) is 30.5 Å². The second-order valence-electron chi connectivity index (χ2n) is 5.58. The van der Waals surface area contributed by atoms with E-state index in [4.69, 9.17) is 5.11 Å². The Balaban J connectivity index is 1.89. The minimum Gasteiger partial charge on any atom is -0.396 e. The molecule has 23 heavy (non-hydrogen) atoms. The van der Waals surface area contributed by atoms with Crippen molar-refractivity contribution in [1.82, 2.24) is 5.32 Å². The Morgan fingerprint density at radius 2 is 1.61 bits per heavy atom. The number of aliphatic hydroxyl groups is 1. The van der Waals surface area contributed by atoms with E-state index in [1.807, 2.05) is 5.32 Å². The normalized spacial score (nSPS) is 20.9. The van der Waals surface area contributed by atoms with Gasteiger partial charge < -0.3 is 15.7 Å². The summed E-state index contributed by atoms with van der Waals surface area (Å²) in [5.41, 5.74) is -0.342. The molecule has 1 aliphatic rings. The first kappa shape index (κ1) is 17.3. The Morgan fingerprint density at radius 3 is 2.13 bits per heavy atom. The molecule has 1 saturated carbocycles. The van der Waals surface area contributed by atoms with Crippen LogP contribution in [0.3, 0.4) is 0 Å². The summed E-state index contributed by atoms with van der Waals surface area (Å²) in [6, 6.07) is 1.00. The summed E-state index contributed by atoms with van der Waals surface area (Å²) in [5, 5.41) is 13.6. The second kappa shape index (κ2) is 7.45. The molecule has 0 saturated heterocycles. The van der Waals surface area contributed by atoms with Crippen molar-refractivity contribution in [2.75, 3.05) is 11.9 Å². The van der Waals surface area contributed by atoms with Crippen molar-refractivity contribution in [2.45, 2.75) is 31.7 Å². The third kappa shape index (κ3) is 4.44. The van der Waals surface area contributed by atoms with Gasteiger partial charge in [0.1, 0.15) is 0 Å². The minimum atomic E-state index is -1.65. The number of halogens is 3.